The van der Waals surface area contributed by atoms with E-state index in [-0.39, 0.29) is 5.91 Å². The van der Waals surface area contributed by atoms with Gasteiger partial charge >= 0.3 is 0 Å². The Bertz CT molecular complexity index is 711. The average molecular weight is 324 g/mol. The van der Waals surface area contributed by atoms with Crippen LogP contribution in [0.15, 0.2) is 42.6 Å². The molecular formula is C19H24N4O. The van der Waals surface area contributed by atoms with Crippen molar-refractivity contribution in [1.29, 1.82) is 0 Å². The van der Waals surface area contributed by atoms with Gasteiger partial charge < -0.3 is 4.90 Å². The summed E-state index contributed by atoms with van der Waals surface area (Å²) in [6.45, 7) is 6.60. The Balaban J connectivity index is 1.42. The van der Waals surface area contributed by atoms with Gasteiger partial charge in [-0.15, -0.1) is 0 Å². The summed E-state index contributed by atoms with van der Waals surface area (Å²) >= 11 is 0. The Morgan fingerprint density at radius 1 is 1.21 bits per heavy atom. The van der Waals surface area contributed by atoms with Crippen LogP contribution in [0.4, 0.5) is 0 Å². The number of aryl methyl sites for hydroxylation is 1. The maximum atomic E-state index is 12.8. The van der Waals surface area contributed by atoms with Crippen molar-refractivity contribution in [2.24, 2.45) is 5.92 Å². The number of carbonyl (C=O) groups is 1. The normalized spacial score (nSPS) is 23.6. The predicted octanol–water partition coefficient (Wildman–Crippen LogP) is 2.25. The van der Waals surface area contributed by atoms with Crippen molar-refractivity contribution in [3.8, 4) is 0 Å². The third-order valence-electron chi connectivity index (χ3n) is 5.41. The lowest BCUT2D eigenvalue weighted by atomic mass is 9.82. The lowest BCUT2D eigenvalue weighted by Crippen LogP contribution is -2.64. The Morgan fingerprint density at radius 3 is 2.83 bits per heavy atom. The largest absolute Gasteiger partial charge is 0.336 e. The minimum absolute atomic E-state index is 0.124. The first-order chi connectivity index (χ1) is 11.8. The van der Waals surface area contributed by atoms with Crippen molar-refractivity contribution in [3.05, 3.63) is 53.9 Å². The highest BCUT2D eigenvalue weighted by Crippen LogP contribution is 2.34. The van der Waals surface area contributed by atoms with Crippen molar-refractivity contribution in [2.45, 2.75) is 32.5 Å². The lowest BCUT2D eigenvalue weighted by molar-refractivity contribution is -0.0429. The first-order valence-corrected chi connectivity index (χ1v) is 8.85. The van der Waals surface area contributed by atoms with Gasteiger partial charge in [-0.25, -0.2) is 0 Å². The fourth-order valence-corrected chi connectivity index (χ4v) is 4.02. The van der Waals surface area contributed by atoms with Crippen LogP contribution in [0.25, 0.3) is 0 Å². The van der Waals surface area contributed by atoms with Crippen LogP contribution in [0.2, 0.25) is 0 Å². The van der Waals surface area contributed by atoms with Crippen molar-refractivity contribution >= 4 is 5.91 Å². The third-order valence-corrected chi connectivity index (χ3v) is 5.41. The fraction of sp³-hybridized carbons (Fsp3) is 0.474. The quantitative estimate of drug-likeness (QED) is 0.866. The highest BCUT2D eigenvalue weighted by atomic mass is 16.2. The molecular weight excluding hydrogens is 300 g/mol. The van der Waals surface area contributed by atoms with Crippen LogP contribution < -0.4 is 0 Å². The molecule has 2 aliphatic heterocycles. The van der Waals surface area contributed by atoms with E-state index in [1.807, 2.05) is 17.9 Å². The van der Waals surface area contributed by atoms with E-state index in [1.165, 1.54) is 5.56 Å². The molecule has 24 heavy (non-hydrogen) atoms. The zero-order valence-corrected chi connectivity index (χ0v) is 14.1. The molecule has 1 amide bonds. The Labute approximate surface area is 142 Å². The summed E-state index contributed by atoms with van der Waals surface area (Å²) in [6, 6.07) is 12.9. The first kappa shape index (κ1) is 15.4. The van der Waals surface area contributed by atoms with Gasteiger partial charge in [0, 0.05) is 45.0 Å². The number of likely N-dealkylation sites (tertiary alicyclic amines) is 2. The summed E-state index contributed by atoms with van der Waals surface area (Å²) < 4.78 is 1.79. The minimum atomic E-state index is 0.124. The lowest BCUT2D eigenvalue weighted by Gasteiger charge is -2.53. The monoisotopic (exact) mass is 324 g/mol. The second-order valence-electron chi connectivity index (χ2n) is 6.81. The molecule has 5 nitrogen and oxygen atoms in total. The highest BCUT2D eigenvalue weighted by molar-refractivity contribution is 5.92. The molecule has 0 bridgehead atoms. The number of nitrogens with zero attached hydrogens (tertiary/aromatic N) is 4. The number of carbonyl (C=O) groups excluding carboxylic acids is 1. The SMILES string of the molecule is CCn1nccc1C(=O)N1CC[C@@H]2CN(Cc3ccccc3)[C@@H]2C1. The predicted molar refractivity (Wildman–Crippen MR) is 92.6 cm³/mol. The summed E-state index contributed by atoms with van der Waals surface area (Å²) in [5.41, 5.74) is 2.06. The molecule has 0 spiro atoms. The minimum Gasteiger partial charge on any atom is -0.336 e. The number of hydrogen-bond donors (Lipinski definition) is 0. The molecule has 2 aromatic rings. The van der Waals surface area contributed by atoms with Crippen LogP contribution in [-0.4, -0.2) is 51.2 Å². The van der Waals surface area contributed by atoms with E-state index in [0.29, 0.717) is 11.7 Å². The van der Waals surface area contributed by atoms with Gasteiger partial charge in [0.1, 0.15) is 5.69 Å². The van der Waals surface area contributed by atoms with E-state index in [2.05, 4.69) is 40.3 Å². The molecule has 1 aromatic carbocycles. The molecule has 2 fully saturated rings. The smallest absolute Gasteiger partial charge is 0.272 e. The molecule has 0 radical (unpaired) electrons. The van der Waals surface area contributed by atoms with Gasteiger partial charge in [-0.1, -0.05) is 30.3 Å². The van der Waals surface area contributed by atoms with E-state index in [4.69, 9.17) is 0 Å². The molecule has 2 aliphatic rings. The van der Waals surface area contributed by atoms with Crippen molar-refractivity contribution in [3.63, 3.8) is 0 Å². The van der Waals surface area contributed by atoms with Crippen LogP contribution in [-0.2, 0) is 13.1 Å². The van der Waals surface area contributed by atoms with E-state index < -0.39 is 0 Å². The molecule has 0 saturated carbocycles. The van der Waals surface area contributed by atoms with E-state index >= 15 is 0 Å². The Morgan fingerprint density at radius 2 is 2.04 bits per heavy atom. The summed E-state index contributed by atoms with van der Waals surface area (Å²) in [7, 11) is 0. The van der Waals surface area contributed by atoms with Gasteiger partial charge in [0.25, 0.3) is 5.91 Å². The molecule has 2 saturated heterocycles. The van der Waals surface area contributed by atoms with E-state index in [9.17, 15) is 4.79 Å². The maximum absolute atomic E-state index is 12.8. The number of amides is 1. The molecule has 0 aliphatic carbocycles. The molecule has 4 rings (SSSR count). The van der Waals surface area contributed by atoms with Gasteiger partial charge in [0.05, 0.1) is 0 Å². The Kier molecular flexibility index (Phi) is 4.10. The third kappa shape index (κ3) is 2.73. The molecule has 2 atom stereocenters. The number of fused-ring (bicyclic) bond motifs is 1. The topological polar surface area (TPSA) is 41.4 Å². The summed E-state index contributed by atoms with van der Waals surface area (Å²) in [4.78, 5) is 17.4. The van der Waals surface area contributed by atoms with Crippen molar-refractivity contribution in [1.82, 2.24) is 19.6 Å². The number of rotatable bonds is 4. The second kappa shape index (κ2) is 6.40. The van der Waals surface area contributed by atoms with Crippen molar-refractivity contribution in [2.75, 3.05) is 19.6 Å². The summed E-state index contributed by atoms with van der Waals surface area (Å²) in [5, 5.41) is 4.23. The molecule has 5 heteroatoms. The van der Waals surface area contributed by atoms with Gasteiger partial charge in [0.15, 0.2) is 0 Å². The number of piperidine rings is 1. The Hall–Kier alpha value is -2.14. The first-order valence-electron chi connectivity index (χ1n) is 8.85. The molecule has 126 valence electrons. The van der Waals surface area contributed by atoms with Crippen LogP contribution in [0.3, 0.4) is 0 Å². The van der Waals surface area contributed by atoms with Gasteiger partial charge in [-0.05, 0) is 30.9 Å². The zero-order chi connectivity index (χ0) is 16.5. The van der Waals surface area contributed by atoms with Crippen LogP contribution >= 0.6 is 0 Å². The summed E-state index contributed by atoms with van der Waals surface area (Å²) in [6.07, 6.45) is 2.83. The summed E-state index contributed by atoms with van der Waals surface area (Å²) in [5.74, 6) is 0.869. The second-order valence-corrected chi connectivity index (χ2v) is 6.81. The van der Waals surface area contributed by atoms with Gasteiger partial charge in [-0.2, -0.15) is 5.10 Å². The van der Waals surface area contributed by atoms with Crippen LogP contribution in [0.1, 0.15) is 29.4 Å². The molecule has 0 unspecified atom stereocenters. The van der Waals surface area contributed by atoms with E-state index in [1.54, 1.807) is 10.9 Å². The van der Waals surface area contributed by atoms with Crippen molar-refractivity contribution < 1.29 is 4.79 Å². The highest BCUT2D eigenvalue weighted by Gasteiger charge is 2.43. The van der Waals surface area contributed by atoms with E-state index in [0.717, 1.165) is 45.1 Å². The zero-order valence-electron chi connectivity index (χ0n) is 14.1. The molecule has 3 heterocycles. The van der Waals surface area contributed by atoms with Crippen LogP contribution in [0, 0.1) is 5.92 Å². The van der Waals surface area contributed by atoms with Gasteiger partial charge in [-0.3, -0.25) is 14.4 Å². The van der Waals surface area contributed by atoms with Crippen LogP contribution in [0.5, 0.6) is 0 Å². The maximum Gasteiger partial charge on any atom is 0.272 e. The fourth-order valence-electron chi connectivity index (χ4n) is 4.02. The molecule has 1 aromatic heterocycles. The number of aromatic nitrogens is 2. The average Bonchev–Trinajstić information content (AvgIpc) is 3.09. The number of benzene rings is 1. The van der Waals surface area contributed by atoms with Gasteiger partial charge in [0.2, 0.25) is 0 Å². The number of hydrogen-bond acceptors (Lipinski definition) is 3. The molecule has 0 N–H and O–H groups in total. The standard InChI is InChI=1S/C19H24N4O/c1-2-23-17(8-10-20-23)19(24)21-11-9-16-13-22(18(16)14-21)12-15-6-4-3-5-7-15/h3-8,10,16,18H,2,9,11-14H2,1H3/t16-,18-/m1/s1.